The number of aromatic nitrogens is 3. The first-order valence-corrected chi connectivity index (χ1v) is 11.0. The predicted molar refractivity (Wildman–Crippen MR) is 127 cm³/mol. The van der Waals surface area contributed by atoms with Gasteiger partial charge in [0.2, 0.25) is 5.95 Å². The maximum atomic E-state index is 12.6. The molecule has 32 heavy (non-hydrogen) atoms. The number of para-hydroxylation sites is 1. The number of carbonyl (C=O) groups is 1. The minimum absolute atomic E-state index is 0.0618. The van der Waals surface area contributed by atoms with Crippen LogP contribution in [0.2, 0.25) is 0 Å². The van der Waals surface area contributed by atoms with Crippen molar-refractivity contribution in [3.63, 3.8) is 0 Å². The van der Waals surface area contributed by atoms with Gasteiger partial charge in [-0.3, -0.25) is 4.79 Å². The third-order valence-corrected chi connectivity index (χ3v) is 6.04. The number of H-pyrrole nitrogens is 1. The first-order chi connectivity index (χ1) is 15.7. The van der Waals surface area contributed by atoms with Crippen molar-refractivity contribution in [3.8, 4) is 11.3 Å². The highest BCUT2D eigenvalue weighted by Gasteiger charge is 2.24. The maximum absolute atomic E-state index is 12.6. The molecule has 0 bridgehead atoms. The van der Waals surface area contributed by atoms with Gasteiger partial charge in [0.05, 0.1) is 5.69 Å². The molecule has 1 aliphatic carbocycles. The quantitative estimate of drug-likeness (QED) is 0.355. The van der Waals surface area contributed by atoms with Crippen LogP contribution in [0.15, 0.2) is 67.0 Å². The molecule has 4 aromatic rings. The summed E-state index contributed by atoms with van der Waals surface area (Å²) in [5, 5.41) is 7.78. The number of nitrogens with zero attached hydrogens (tertiary/aromatic N) is 2. The fourth-order valence-electron chi connectivity index (χ4n) is 4.40. The Bertz CT molecular complexity index is 1230. The number of hydrogen-bond acceptors (Lipinski definition) is 5. The van der Waals surface area contributed by atoms with E-state index in [1.54, 1.807) is 30.5 Å². The van der Waals surface area contributed by atoms with E-state index in [2.05, 4.69) is 32.7 Å². The Hall–Kier alpha value is -3.87. The van der Waals surface area contributed by atoms with Crippen LogP contribution in [0.4, 0.5) is 11.6 Å². The zero-order chi connectivity index (χ0) is 21.9. The summed E-state index contributed by atoms with van der Waals surface area (Å²) >= 11 is 0. The summed E-state index contributed by atoms with van der Waals surface area (Å²) in [4.78, 5) is 25.1. The van der Waals surface area contributed by atoms with Crippen molar-refractivity contribution >= 4 is 28.4 Å². The van der Waals surface area contributed by atoms with Crippen LogP contribution < -0.4 is 16.4 Å². The summed E-state index contributed by atoms with van der Waals surface area (Å²) in [5.41, 5.74) is 10.0. The fraction of sp³-hybridized carbons (Fsp3) is 0.240. The van der Waals surface area contributed by atoms with Gasteiger partial charge in [0.15, 0.2) is 0 Å². The zero-order valence-electron chi connectivity index (χ0n) is 17.7. The van der Waals surface area contributed by atoms with E-state index in [9.17, 15) is 4.79 Å². The molecule has 1 aliphatic rings. The molecule has 0 spiro atoms. The molecule has 7 nitrogen and oxygen atoms in total. The third-order valence-electron chi connectivity index (χ3n) is 6.04. The first kappa shape index (κ1) is 20.1. The topological polar surface area (TPSA) is 109 Å². The lowest BCUT2D eigenvalue weighted by Gasteiger charge is -2.30. The lowest BCUT2D eigenvalue weighted by atomic mass is 9.91. The average molecular weight is 427 g/mol. The number of rotatable bonds is 5. The highest BCUT2D eigenvalue weighted by atomic mass is 16.1. The summed E-state index contributed by atoms with van der Waals surface area (Å²) in [6.45, 7) is 0. The number of nitrogen functional groups attached to an aromatic ring is 1. The van der Waals surface area contributed by atoms with Crippen LogP contribution in [0.3, 0.4) is 0 Å². The van der Waals surface area contributed by atoms with Crippen molar-refractivity contribution in [2.45, 2.75) is 37.8 Å². The number of nitrogens with two attached hydrogens (primary N) is 1. The highest BCUT2D eigenvalue weighted by molar-refractivity contribution is 5.95. The van der Waals surface area contributed by atoms with E-state index in [1.165, 1.54) is 0 Å². The number of amides is 1. The second kappa shape index (κ2) is 8.70. The SMILES string of the molecule is Nc1ccc(C(=O)N[C@H]2CCC[C@@H](Nc3nccc(-c4c[nH]c5ccccc45)n3)C2)cc1. The van der Waals surface area contributed by atoms with Gasteiger partial charge in [-0.15, -0.1) is 0 Å². The summed E-state index contributed by atoms with van der Waals surface area (Å²) in [5.74, 6) is 0.552. The van der Waals surface area contributed by atoms with Gasteiger partial charge in [0.1, 0.15) is 0 Å². The lowest BCUT2D eigenvalue weighted by molar-refractivity contribution is 0.0926. The molecule has 2 aromatic heterocycles. The number of nitrogens with one attached hydrogen (secondary N) is 3. The number of carbonyl (C=O) groups excluding carboxylic acids is 1. The van der Waals surface area contributed by atoms with E-state index in [1.807, 2.05) is 24.4 Å². The van der Waals surface area contributed by atoms with Gasteiger partial charge in [-0.25, -0.2) is 9.97 Å². The lowest BCUT2D eigenvalue weighted by Crippen LogP contribution is -2.42. The van der Waals surface area contributed by atoms with E-state index >= 15 is 0 Å². The van der Waals surface area contributed by atoms with Crippen molar-refractivity contribution < 1.29 is 4.79 Å². The molecule has 5 N–H and O–H groups in total. The normalized spacial score (nSPS) is 18.4. The Labute approximate surface area is 186 Å². The molecule has 2 heterocycles. The molecule has 1 fully saturated rings. The van der Waals surface area contributed by atoms with Crippen molar-refractivity contribution in [3.05, 3.63) is 72.6 Å². The van der Waals surface area contributed by atoms with Crippen molar-refractivity contribution in [2.75, 3.05) is 11.1 Å². The van der Waals surface area contributed by atoms with Crippen molar-refractivity contribution in [2.24, 2.45) is 0 Å². The summed E-state index contributed by atoms with van der Waals surface area (Å²) in [6.07, 6.45) is 7.63. The highest BCUT2D eigenvalue weighted by Crippen LogP contribution is 2.28. The number of aromatic amines is 1. The molecular weight excluding hydrogens is 400 g/mol. The molecule has 1 saturated carbocycles. The van der Waals surface area contributed by atoms with Gasteiger partial charge in [-0.1, -0.05) is 18.2 Å². The second-order valence-electron chi connectivity index (χ2n) is 8.31. The Morgan fingerprint density at radius 3 is 2.72 bits per heavy atom. The Morgan fingerprint density at radius 2 is 1.84 bits per heavy atom. The number of anilines is 2. The van der Waals surface area contributed by atoms with Crippen LogP contribution in [0.1, 0.15) is 36.0 Å². The standard InChI is InChI=1S/C25H26N6O/c26-17-10-8-16(9-11-17)24(32)29-18-4-3-5-19(14-18)30-25-27-13-12-23(31-25)21-15-28-22-7-2-1-6-20(21)22/h1-2,6-13,15,18-19,28H,3-5,14,26H2,(H,29,32)(H,27,30,31)/t18-,19+/m0/s1. The molecule has 0 aliphatic heterocycles. The van der Waals surface area contributed by atoms with E-state index in [0.717, 1.165) is 47.8 Å². The molecule has 162 valence electrons. The average Bonchev–Trinajstić information content (AvgIpc) is 3.24. The monoisotopic (exact) mass is 426 g/mol. The first-order valence-electron chi connectivity index (χ1n) is 11.0. The summed E-state index contributed by atoms with van der Waals surface area (Å²) in [6, 6.07) is 17.4. The van der Waals surface area contributed by atoms with E-state index in [-0.39, 0.29) is 18.0 Å². The molecule has 0 saturated heterocycles. The number of hydrogen-bond donors (Lipinski definition) is 4. The van der Waals surface area contributed by atoms with Gasteiger partial charge >= 0.3 is 0 Å². The number of fused-ring (bicyclic) bond motifs is 1. The van der Waals surface area contributed by atoms with E-state index < -0.39 is 0 Å². The Balaban J connectivity index is 1.26. The van der Waals surface area contributed by atoms with Crippen LogP contribution >= 0.6 is 0 Å². The fourth-order valence-corrected chi connectivity index (χ4v) is 4.40. The van der Waals surface area contributed by atoms with Gasteiger partial charge in [-0.05, 0) is 62.1 Å². The van der Waals surface area contributed by atoms with E-state index in [0.29, 0.717) is 17.2 Å². The molecule has 0 radical (unpaired) electrons. The molecule has 0 unspecified atom stereocenters. The molecule has 2 atom stereocenters. The molecule has 2 aromatic carbocycles. The van der Waals surface area contributed by atoms with Gasteiger partial charge < -0.3 is 21.4 Å². The second-order valence-corrected chi connectivity index (χ2v) is 8.31. The van der Waals surface area contributed by atoms with Gasteiger partial charge in [0, 0.05) is 52.2 Å². The molecule has 7 heteroatoms. The van der Waals surface area contributed by atoms with Gasteiger partial charge in [-0.2, -0.15) is 0 Å². The minimum atomic E-state index is -0.0618. The van der Waals surface area contributed by atoms with Crippen molar-refractivity contribution in [1.82, 2.24) is 20.3 Å². The van der Waals surface area contributed by atoms with Crippen LogP contribution in [-0.2, 0) is 0 Å². The van der Waals surface area contributed by atoms with Crippen LogP contribution in [-0.4, -0.2) is 32.9 Å². The van der Waals surface area contributed by atoms with Crippen LogP contribution in [0, 0.1) is 0 Å². The molecule has 5 rings (SSSR count). The number of benzene rings is 2. The molecular formula is C25H26N6O. The predicted octanol–water partition coefficient (Wildman–Crippen LogP) is 4.36. The summed E-state index contributed by atoms with van der Waals surface area (Å²) < 4.78 is 0. The van der Waals surface area contributed by atoms with Crippen molar-refractivity contribution in [1.29, 1.82) is 0 Å². The van der Waals surface area contributed by atoms with Crippen LogP contribution in [0.5, 0.6) is 0 Å². The Kier molecular flexibility index (Phi) is 5.46. The third kappa shape index (κ3) is 4.27. The minimum Gasteiger partial charge on any atom is -0.399 e. The Morgan fingerprint density at radius 1 is 1.03 bits per heavy atom. The summed E-state index contributed by atoms with van der Waals surface area (Å²) in [7, 11) is 0. The van der Waals surface area contributed by atoms with Crippen LogP contribution in [0.25, 0.3) is 22.2 Å². The van der Waals surface area contributed by atoms with Gasteiger partial charge in [0.25, 0.3) is 5.91 Å². The largest absolute Gasteiger partial charge is 0.399 e. The smallest absolute Gasteiger partial charge is 0.251 e. The maximum Gasteiger partial charge on any atom is 0.251 e. The zero-order valence-corrected chi connectivity index (χ0v) is 17.7. The van der Waals surface area contributed by atoms with E-state index in [4.69, 9.17) is 10.7 Å². The molecule has 1 amide bonds.